The molecule has 0 spiro atoms. The van der Waals surface area contributed by atoms with Gasteiger partial charge in [-0.15, -0.1) is 0 Å². The molecule has 0 bridgehead atoms. The van der Waals surface area contributed by atoms with Gasteiger partial charge in [0.15, 0.2) is 11.6 Å². The second kappa shape index (κ2) is 7.81. The summed E-state index contributed by atoms with van der Waals surface area (Å²) in [6.07, 6.45) is 1.72. The highest BCUT2D eigenvalue weighted by atomic mass is 19.2. The minimum absolute atomic E-state index is 0.109. The Hall–Kier alpha value is -3.58. The van der Waals surface area contributed by atoms with E-state index < -0.39 is 30.2 Å². The fourth-order valence-electron chi connectivity index (χ4n) is 3.22. The molecule has 3 N–H and O–H groups in total. The van der Waals surface area contributed by atoms with Gasteiger partial charge in [-0.25, -0.2) is 8.78 Å². The Morgan fingerprint density at radius 1 is 1.07 bits per heavy atom. The molecule has 4 rings (SSSR count). The van der Waals surface area contributed by atoms with E-state index in [1.165, 1.54) is 12.1 Å². The van der Waals surface area contributed by atoms with Crippen molar-refractivity contribution in [2.24, 2.45) is 0 Å². The van der Waals surface area contributed by atoms with Crippen molar-refractivity contribution in [1.82, 2.24) is 15.5 Å². The molecule has 3 aromatic carbocycles. The highest BCUT2D eigenvalue weighted by Gasteiger charge is 2.20. The van der Waals surface area contributed by atoms with Crippen molar-refractivity contribution in [2.45, 2.75) is 6.04 Å². The van der Waals surface area contributed by atoms with Gasteiger partial charge >= 0.3 is 0 Å². The van der Waals surface area contributed by atoms with Gasteiger partial charge in [0.25, 0.3) is 5.91 Å². The number of nitrogens with zero attached hydrogens (tertiary/aromatic N) is 1. The molecule has 4 aromatic rings. The zero-order valence-electron chi connectivity index (χ0n) is 15.2. The van der Waals surface area contributed by atoms with Gasteiger partial charge in [0.1, 0.15) is 0 Å². The summed E-state index contributed by atoms with van der Waals surface area (Å²) in [5.41, 5.74) is 2.86. The van der Waals surface area contributed by atoms with Gasteiger partial charge < -0.3 is 10.4 Å². The molecular formula is C22H17F2N3O2. The highest BCUT2D eigenvalue weighted by Crippen LogP contribution is 2.25. The van der Waals surface area contributed by atoms with Crippen molar-refractivity contribution < 1.29 is 18.7 Å². The molecule has 0 aliphatic carbocycles. The minimum atomic E-state index is -1.09. The van der Waals surface area contributed by atoms with E-state index in [0.29, 0.717) is 5.56 Å². The number of amides is 1. The average Bonchev–Trinajstić information content (AvgIpc) is 3.22. The summed E-state index contributed by atoms with van der Waals surface area (Å²) < 4.78 is 27.5. The topological polar surface area (TPSA) is 78.0 Å². The van der Waals surface area contributed by atoms with E-state index in [-0.39, 0.29) is 5.56 Å². The number of carbonyl (C=O) groups is 1. The predicted molar refractivity (Wildman–Crippen MR) is 105 cm³/mol. The molecule has 0 fully saturated rings. The van der Waals surface area contributed by atoms with Crippen LogP contribution in [0.25, 0.3) is 22.0 Å². The Morgan fingerprint density at radius 3 is 2.69 bits per heavy atom. The molecule has 0 aliphatic rings. The molecule has 7 heteroatoms. The Labute approximate surface area is 165 Å². The van der Waals surface area contributed by atoms with Gasteiger partial charge in [0.2, 0.25) is 0 Å². The summed E-state index contributed by atoms with van der Waals surface area (Å²) in [6.45, 7) is -0.567. The number of aliphatic hydroxyl groups is 1. The number of aromatic amines is 1. The lowest BCUT2D eigenvalue weighted by Gasteiger charge is -2.18. The Bertz CT molecular complexity index is 1190. The van der Waals surface area contributed by atoms with Crippen LogP contribution in [0.2, 0.25) is 0 Å². The van der Waals surface area contributed by atoms with Gasteiger partial charge in [-0.1, -0.05) is 30.3 Å². The Morgan fingerprint density at radius 2 is 1.86 bits per heavy atom. The number of hydrogen-bond donors (Lipinski definition) is 3. The Kier molecular flexibility index (Phi) is 5.05. The first-order valence-corrected chi connectivity index (χ1v) is 8.96. The van der Waals surface area contributed by atoms with Crippen LogP contribution in [0.3, 0.4) is 0 Å². The van der Waals surface area contributed by atoms with Gasteiger partial charge in [-0.05, 0) is 41.5 Å². The number of aromatic nitrogens is 2. The number of aliphatic hydroxyl groups excluding tert-OH is 1. The van der Waals surface area contributed by atoms with Crippen molar-refractivity contribution in [3.63, 3.8) is 0 Å². The van der Waals surface area contributed by atoms with Crippen LogP contribution < -0.4 is 5.32 Å². The monoisotopic (exact) mass is 393 g/mol. The molecule has 0 aliphatic heterocycles. The number of nitrogens with one attached hydrogen (secondary N) is 2. The van der Waals surface area contributed by atoms with Crippen LogP contribution in [0.5, 0.6) is 0 Å². The number of H-pyrrole nitrogens is 1. The summed E-state index contributed by atoms with van der Waals surface area (Å²) in [5, 5.41) is 20.0. The minimum Gasteiger partial charge on any atom is -0.394 e. The maximum Gasteiger partial charge on any atom is 0.251 e. The molecule has 0 saturated heterocycles. The summed E-state index contributed by atoms with van der Waals surface area (Å²) in [5.74, 6) is -2.63. The van der Waals surface area contributed by atoms with E-state index in [0.717, 1.165) is 28.1 Å². The quantitative estimate of drug-likeness (QED) is 0.480. The van der Waals surface area contributed by atoms with Crippen molar-refractivity contribution in [3.8, 4) is 11.1 Å². The van der Waals surface area contributed by atoms with E-state index in [1.54, 1.807) is 24.4 Å². The lowest BCUT2D eigenvalue weighted by atomic mass is 10.0. The van der Waals surface area contributed by atoms with Crippen LogP contribution in [0.15, 0.2) is 66.9 Å². The van der Waals surface area contributed by atoms with Crippen LogP contribution >= 0.6 is 0 Å². The first-order valence-electron chi connectivity index (χ1n) is 8.96. The maximum absolute atomic E-state index is 14.0. The van der Waals surface area contributed by atoms with Gasteiger partial charge in [0.05, 0.1) is 24.4 Å². The van der Waals surface area contributed by atoms with Crippen LogP contribution in [-0.2, 0) is 0 Å². The van der Waals surface area contributed by atoms with E-state index in [2.05, 4.69) is 15.5 Å². The predicted octanol–water partition coefficient (Wildman–Crippen LogP) is 3.97. The molecule has 0 saturated carbocycles. The molecular weight excluding hydrogens is 376 g/mol. The summed E-state index contributed by atoms with van der Waals surface area (Å²) in [4.78, 5) is 12.7. The standard InChI is InChI=1S/C22H17F2N3O2/c23-18-6-2-5-17(21(18)24)20(12-28)26-22(29)15-4-1-3-13(9-15)14-7-8-19-16(10-14)11-25-27-19/h1-11,20,28H,12H2,(H,25,27)(H,26,29). The number of fused-ring (bicyclic) bond motifs is 1. The zero-order valence-corrected chi connectivity index (χ0v) is 15.2. The molecule has 0 radical (unpaired) electrons. The van der Waals surface area contributed by atoms with Crippen molar-refractivity contribution in [2.75, 3.05) is 6.61 Å². The lowest BCUT2D eigenvalue weighted by molar-refractivity contribution is 0.0915. The second-order valence-corrected chi connectivity index (χ2v) is 6.60. The molecule has 1 atom stereocenters. The largest absolute Gasteiger partial charge is 0.394 e. The third kappa shape index (κ3) is 3.72. The maximum atomic E-state index is 14.0. The summed E-state index contributed by atoms with van der Waals surface area (Å²) >= 11 is 0. The normalized spacial score (nSPS) is 12.1. The van der Waals surface area contributed by atoms with Crippen LogP contribution in [0.1, 0.15) is 22.0 Å². The van der Waals surface area contributed by atoms with Crippen LogP contribution in [-0.4, -0.2) is 27.8 Å². The number of benzene rings is 3. The highest BCUT2D eigenvalue weighted by molar-refractivity contribution is 5.96. The summed E-state index contributed by atoms with van der Waals surface area (Å²) in [7, 11) is 0. The molecule has 5 nitrogen and oxygen atoms in total. The van der Waals surface area contributed by atoms with Crippen molar-refractivity contribution in [1.29, 1.82) is 0 Å². The molecule has 1 aromatic heterocycles. The molecule has 1 amide bonds. The molecule has 146 valence electrons. The lowest BCUT2D eigenvalue weighted by Crippen LogP contribution is -2.31. The second-order valence-electron chi connectivity index (χ2n) is 6.60. The third-order valence-electron chi connectivity index (χ3n) is 4.74. The van der Waals surface area contributed by atoms with E-state index in [4.69, 9.17) is 0 Å². The smallest absolute Gasteiger partial charge is 0.251 e. The van der Waals surface area contributed by atoms with E-state index in [9.17, 15) is 18.7 Å². The van der Waals surface area contributed by atoms with Crippen LogP contribution in [0.4, 0.5) is 8.78 Å². The first-order chi connectivity index (χ1) is 14.1. The zero-order chi connectivity index (χ0) is 20.4. The number of hydrogen-bond acceptors (Lipinski definition) is 3. The van der Waals surface area contributed by atoms with Crippen LogP contribution in [0, 0.1) is 11.6 Å². The first kappa shape index (κ1) is 18.8. The SMILES string of the molecule is O=C(NC(CO)c1cccc(F)c1F)c1cccc(-c2ccc3[nH]ncc3c2)c1. The fourth-order valence-corrected chi connectivity index (χ4v) is 3.22. The van der Waals surface area contributed by atoms with Gasteiger partial charge in [0, 0.05) is 16.5 Å². The molecule has 29 heavy (non-hydrogen) atoms. The van der Waals surface area contributed by atoms with E-state index >= 15 is 0 Å². The number of carbonyl (C=O) groups excluding carboxylic acids is 1. The molecule has 1 unspecified atom stereocenters. The van der Waals surface area contributed by atoms with Crippen molar-refractivity contribution in [3.05, 3.63) is 89.6 Å². The average molecular weight is 393 g/mol. The van der Waals surface area contributed by atoms with E-state index in [1.807, 2.05) is 24.3 Å². The Balaban J connectivity index is 1.60. The molecule has 1 heterocycles. The summed E-state index contributed by atoms with van der Waals surface area (Å²) in [6, 6.07) is 15.3. The van der Waals surface area contributed by atoms with Gasteiger partial charge in [-0.3, -0.25) is 9.89 Å². The third-order valence-corrected chi connectivity index (χ3v) is 4.74. The fraction of sp³-hybridized carbons (Fsp3) is 0.0909. The number of halogens is 2. The number of rotatable bonds is 5. The van der Waals surface area contributed by atoms with Crippen molar-refractivity contribution >= 4 is 16.8 Å². The van der Waals surface area contributed by atoms with Gasteiger partial charge in [-0.2, -0.15) is 5.10 Å².